The van der Waals surface area contributed by atoms with Gasteiger partial charge in [-0.3, -0.25) is 4.98 Å². The van der Waals surface area contributed by atoms with Crippen LogP contribution < -0.4 is 0 Å². The van der Waals surface area contributed by atoms with Crippen LogP contribution in [0.4, 0.5) is 0 Å². The van der Waals surface area contributed by atoms with E-state index < -0.39 is 0 Å². The number of aromatic nitrogens is 5. The normalized spacial score (nSPS) is 11.4. The minimum absolute atomic E-state index is 0.720. The lowest BCUT2D eigenvalue weighted by molar-refractivity contribution is 0.668. The van der Waals surface area contributed by atoms with Gasteiger partial charge in [-0.25, -0.2) is 19.9 Å². The zero-order valence-corrected chi connectivity index (χ0v) is 76.9. The van der Waals surface area contributed by atoms with Crippen molar-refractivity contribution in [3.05, 3.63) is 516 Å². The Morgan fingerprint density at radius 1 is 0.113 bits per heavy atom. The number of benzene rings is 19. The molecule has 142 heavy (non-hydrogen) atoms. The fourth-order valence-corrected chi connectivity index (χ4v) is 19.4. The van der Waals surface area contributed by atoms with Crippen molar-refractivity contribution in [3.8, 4) is 179 Å². The van der Waals surface area contributed by atoms with Crippen LogP contribution in [0.25, 0.3) is 267 Å². The van der Waals surface area contributed by atoms with Gasteiger partial charge in [-0.2, -0.15) is 0 Å². The lowest BCUT2D eigenvalue weighted by atomic mass is 9.95. The van der Waals surface area contributed by atoms with E-state index in [1.807, 2.05) is 134 Å². The number of nitrogens with zero attached hydrogens (tertiary/aromatic N) is 5. The monoisotopic (exact) mass is 1820 g/mol. The van der Waals surface area contributed by atoms with Gasteiger partial charge in [0.15, 0.2) is 5.82 Å². The number of pyridine rings is 3. The molecule has 0 aliphatic carbocycles. The Balaban J connectivity index is 0.000000113. The Hall–Kier alpha value is -19.1. The van der Waals surface area contributed by atoms with Crippen molar-refractivity contribution in [3.63, 3.8) is 0 Å². The van der Waals surface area contributed by atoms with Gasteiger partial charge in [0.2, 0.25) is 0 Å². The number of hydrogen-bond acceptors (Lipinski definition) is 9. The molecule has 0 bridgehead atoms. The second-order valence-electron chi connectivity index (χ2n) is 35.7. The fraction of sp³-hybridized carbons (Fsp3) is 0. The molecule has 8 heterocycles. The Kier molecular flexibility index (Phi) is 22.2. The summed E-state index contributed by atoms with van der Waals surface area (Å²) in [4.78, 5) is 24.7. The van der Waals surface area contributed by atoms with E-state index in [0.717, 1.165) is 245 Å². The summed E-state index contributed by atoms with van der Waals surface area (Å²) >= 11 is 0. The summed E-state index contributed by atoms with van der Waals surface area (Å²) < 4.78 is 24.3. The second-order valence-corrected chi connectivity index (χ2v) is 35.7. The van der Waals surface area contributed by atoms with Crippen LogP contribution in [-0.4, -0.2) is 24.9 Å². The molecule has 0 saturated heterocycles. The van der Waals surface area contributed by atoms with E-state index in [-0.39, 0.29) is 0 Å². The van der Waals surface area contributed by atoms with Crippen molar-refractivity contribution in [1.82, 2.24) is 24.9 Å². The van der Waals surface area contributed by atoms with Gasteiger partial charge in [0.1, 0.15) is 44.7 Å². The third-order valence-electron chi connectivity index (χ3n) is 26.8. The maximum Gasteiger partial charge on any atom is 0.160 e. The predicted octanol–water partition coefficient (Wildman–Crippen LogP) is 36.3. The lowest BCUT2D eigenvalue weighted by Gasteiger charge is -2.12. The summed E-state index contributed by atoms with van der Waals surface area (Å²) in [5, 5.41) is 9.07. The quantitative estimate of drug-likeness (QED) is 0.0932. The summed E-state index contributed by atoms with van der Waals surface area (Å²) in [7, 11) is 0. The maximum absolute atomic E-state index is 6.11. The first-order valence-electron chi connectivity index (χ1n) is 47.7. The maximum atomic E-state index is 6.11. The summed E-state index contributed by atoms with van der Waals surface area (Å²) in [6, 6.07) is 176. The smallest absolute Gasteiger partial charge is 0.160 e. The van der Waals surface area contributed by atoms with Crippen LogP contribution in [0.3, 0.4) is 0 Å². The number of hydrogen-bond donors (Lipinski definition) is 0. The molecule has 9 heteroatoms. The average Bonchev–Trinajstić information content (AvgIpc) is 1.64. The van der Waals surface area contributed by atoms with Crippen LogP contribution in [0.5, 0.6) is 0 Å². The zero-order chi connectivity index (χ0) is 94.2. The largest absolute Gasteiger partial charge is 0.456 e. The Morgan fingerprint density at radius 2 is 0.338 bits per heavy atom. The third kappa shape index (κ3) is 17.1. The molecule has 27 rings (SSSR count). The highest BCUT2D eigenvalue weighted by Crippen LogP contribution is 2.43. The van der Waals surface area contributed by atoms with Crippen LogP contribution in [0.2, 0.25) is 0 Å². The van der Waals surface area contributed by atoms with Crippen molar-refractivity contribution in [2.24, 2.45) is 0 Å². The first kappa shape index (κ1) is 84.6. The Bertz CT molecular complexity index is 9230. The van der Waals surface area contributed by atoms with Gasteiger partial charge < -0.3 is 17.7 Å². The van der Waals surface area contributed by atoms with Crippen molar-refractivity contribution >= 4 is 87.8 Å². The zero-order valence-electron chi connectivity index (χ0n) is 76.9. The van der Waals surface area contributed by atoms with E-state index in [4.69, 9.17) is 37.6 Å². The van der Waals surface area contributed by atoms with Crippen LogP contribution in [0, 0.1) is 0 Å². The number of fused-ring (bicyclic) bond motifs is 12. The molecule has 9 nitrogen and oxygen atoms in total. The highest BCUT2D eigenvalue weighted by atomic mass is 16.3. The molecule has 8 aromatic heterocycles. The molecule has 0 fully saturated rings. The number of rotatable bonds is 16. The van der Waals surface area contributed by atoms with E-state index in [0.29, 0.717) is 0 Å². The van der Waals surface area contributed by atoms with E-state index in [9.17, 15) is 0 Å². The standard InChI is InChI=1S/C53H33NO2.2C40H26N2O/c1-2-9-38(10-3-1)48-32-43(33-49(54-48)42-12-8-11-39(29-42)41-26-28-53-47(31-41)45-14-5-7-16-51(45)56-53)37-23-19-35(20-24-37)34-17-21-36(22-18-34)40-25-27-52-46(30-40)44-13-4-6-15-50(44)55-52;1-3-9-30(10-4-1)36-26-37(42-40(41-36)32-11-5-2-6-12-32)31-21-19-28(20-22-31)27-15-17-29(18-16-27)33-23-24-35-34-13-7-8-14-38(34)43-39(35)25-33;1-3-9-29(10-4-1)37-23-32(24-38(42-37)30-11-5-2-6-12-30)27-15-17-28(18-16-27)33-21-34(26-41-25-33)31-19-20-40-36(22-31)35-13-7-8-14-39(35)43-40/h1-33H;2*1-26H. The van der Waals surface area contributed by atoms with Gasteiger partial charge in [-0.1, -0.05) is 388 Å². The van der Waals surface area contributed by atoms with Crippen molar-refractivity contribution < 1.29 is 17.7 Å². The number of furan rings is 4. The molecule has 0 N–H and O–H groups in total. The van der Waals surface area contributed by atoms with Crippen LogP contribution >= 0.6 is 0 Å². The average molecular weight is 1820 g/mol. The van der Waals surface area contributed by atoms with Crippen LogP contribution in [-0.2, 0) is 0 Å². The molecule has 0 spiro atoms. The first-order chi connectivity index (χ1) is 70.3. The van der Waals surface area contributed by atoms with Gasteiger partial charge in [0.05, 0.1) is 34.2 Å². The SMILES string of the molecule is c1ccc(-c2cc(-c3ccc(-c4ccc(-c5ccc6c(c5)oc5ccccc56)cc4)cc3)nc(-c3ccccc3)n2)cc1.c1ccc(-c2cc(-c3ccc(-c4ccc(-c5ccc6oc7ccccc7c6c5)cc4)cc3)cc(-c3cccc(-c4ccc5oc6ccccc6c5c4)c3)n2)cc1.c1ccc(-c2cc(-c3ccc(-c4cncc(-c5ccc6oc7ccccc7c6c5)c4)cc3)cc(-c3ccccc3)n2)cc1. The summed E-state index contributed by atoms with van der Waals surface area (Å²) in [5.41, 5.74) is 40.8. The molecular weight excluding hydrogens is 1730 g/mol. The van der Waals surface area contributed by atoms with Crippen LogP contribution in [0.1, 0.15) is 0 Å². The van der Waals surface area contributed by atoms with Gasteiger partial charge in [0.25, 0.3) is 0 Å². The summed E-state index contributed by atoms with van der Waals surface area (Å²) in [6.07, 6.45) is 3.85. The molecule has 0 radical (unpaired) electrons. The van der Waals surface area contributed by atoms with Crippen molar-refractivity contribution in [1.29, 1.82) is 0 Å². The van der Waals surface area contributed by atoms with Crippen LogP contribution in [0.15, 0.2) is 534 Å². The fourth-order valence-electron chi connectivity index (χ4n) is 19.4. The molecular formula is C133H85N5O4. The molecule has 0 atom stereocenters. The molecule has 0 saturated carbocycles. The molecule has 0 aliphatic rings. The van der Waals surface area contributed by atoms with E-state index in [1.54, 1.807) is 0 Å². The topological polar surface area (TPSA) is 117 Å². The highest BCUT2D eigenvalue weighted by molar-refractivity contribution is 6.10. The van der Waals surface area contributed by atoms with E-state index >= 15 is 0 Å². The molecule has 19 aromatic carbocycles. The Labute approximate surface area is 819 Å². The van der Waals surface area contributed by atoms with Gasteiger partial charge >= 0.3 is 0 Å². The molecule has 0 amide bonds. The van der Waals surface area contributed by atoms with Gasteiger partial charge in [-0.15, -0.1) is 0 Å². The summed E-state index contributed by atoms with van der Waals surface area (Å²) in [5.74, 6) is 0.720. The number of para-hydroxylation sites is 4. The minimum atomic E-state index is 0.720. The molecule has 0 unspecified atom stereocenters. The predicted molar refractivity (Wildman–Crippen MR) is 584 cm³/mol. The van der Waals surface area contributed by atoms with Crippen molar-refractivity contribution in [2.75, 3.05) is 0 Å². The summed E-state index contributed by atoms with van der Waals surface area (Å²) in [6.45, 7) is 0. The van der Waals surface area contributed by atoms with Crippen molar-refractivity contribution in [2.45, 2.75) is 0 Å². The van der Waals surface area contributed by atoms with E-state index in [2.05, 4.69) is 387 Å². The lowest BCUT2D eigenvalue weighted by Crippen LogP contribution is -1.95. The molecule has 666 valence electrons. The highest BCUT2D eigenvalue weighted by Gasteiger charge is 2.20. The molecule has 0 aliphatic heterocycles. The third-order valence-corrected chi connectivity index (χ3v) is 26.8. The van der Waals surface area contributed by atoms with Gasteiger partial charge in [-0.05, 0) is 204 Å². The second kappa shape index (κ2) is 37.2. The van der Waals surface area contributed by atoms with Gasteiger partial charge in [0, 0.05) is 106 Å². The van der Waals surface area contributed by atoms with E-state index in [1.165, 1.54) is 22.3 Å². The Morgan fingerprint density at radius 3 is 0.732 bits per heavy atom. The first-order valence-corrected chi connectivity index (χ1v) is 47.7. The molecule has 27 aromatic rings. The minimum Gasteiger partial charge on any atom is -0.456 e.